The van der Waals surface area contributed by atoms with Crippen LogP contribution < -0.4 is 0 Å². The molecule has 0 fully saturated rings. The normalized spacial score (nSPS) is 10.8. The molecular formula is C14H16S. The summed E-state index contributed by atoms with van der Waals surface area (Å²) in [5.41, 5.74) is 1.40. The number of thiol groups is 1. The highest BCUT2D eigenvalue weighted by Crippen LogP contribution is 2.26. The third kappa shape index (κ3) is 2.18. The Hall–Kier alpha value is -0.950. The summed E-state index contributed by atoms with van der Waals surface area (Å²) in [6.45, 7) is 2.23. The molecule has 0 amide bonds. The van der Waals surface area contributed by atoms with Gasteiger partial charge in [0, 0.05) is 4.90 Å². The second kappa shape index (κ2) is 4.71. The van der Waals surface area contributed by atoms with Crippen molar-refractivity contribution in [1.29, 1.82) is 0 Å². The van der Waals surface area contributed by atoms with E-state index in [1.165, 1.54) is 29.2 Å². The van der Waals surface area contributed by atoms with Crippen LogP contribution in [0.2, 0.25) is 0 Å². The van der Waals surface area contributed by atoms with E-state index in [4.69, 9.17) is 0 Å². The molecule has 0 N–H and O–H groups in total. The fourth-order valence-corrected chi connectivity index (χ4v) is 2.25. The maximum atomic E-state index is 4.55. The fraction of sp³-hybridized carbons (Fsp3) is 0.286. The largest absolute Gasteiger partial charge is 0.143 e. The molecule has 0 bridgehead atoms. The number of benzene rings is 2. The Balaban J connectivity index is 2.53. The molecule has 0 nitrogen and oxygen atoms in total. The van der Waals surface area contributed by atoms with Crippen molar-refractivity contribution in [2.24, 2.45) is 0 Å². The zero-order valence-corrected chi connectivity index (χ0v) is 9.93. The third-order valence-electron chi connectivity index (χ3n) is 2.80. The van der Waals surface area contributed by atoms with Gasteiger partial charge in [0.15, 0.2) is 0 Å². The Morgan fingerprint density at radius 1 is 1.07 bits per heavy atom. The van der Waals surface area contributed by atoms with Crippen LogP contribution in [0.5, 0.6) is 0 Å². The predicted molar refractivity (Wildman–Crippen MR) is 69.8 cm³/mol. The molecule has 0 aromatic heterocycles. The Morgan fingerprint density at radius 3 is 2.67 bits per heavy atom. The van der Waals surface area contributed by atoms with Gasteiger partial charge in [0.25, 0.3) is 0 Å². The van der Waals surface area contributed by atoms with Crippen LogP contribution in [-0.4, -0.2) is 0 Å². The molecule has 0 spiro atoms. The second-order valence-corrected chi connectivity index (χ2v) is 4.37. The van der Waals surface area contributed by atoms with Crippen LogP contribution in [0.25, 0.3) is 10.8 Å². The lowest BCUT2D eigenvalue weighted by Gasteiger charge is -2.08. The van der Waals surface area contributed by atoms with E-state index in [-0.39, 0.29) is 0 Å². The topological polar surface area (TPSA) is 0 Å². The highest BCUT2D eigenvalue weighted by molar-refractivity contribution is 7.80. The maximum Gasteiger partial charge on any atom is 0.00784 e. The quantitative estimate of drug-likeness (QED) is 0.719. The number of hydrogen-bond donors (Lipinski definition) is 1. The van der Waals surface area contributed by atoms with Crippen molar-refractivity contribution in [3.8, 4) is 0 Å². The van der Waals surface area contributed by atoms with Gasteiger partial charge in [0.1, 0.15) is 0 Å². The van der Waals surface area contributed by atoms with Crippen molar-refractivity contribution >= 4 is 23.4 Å². The van der Waals surface area contributed by atoms with Crippen molar-refractivity contribution in [2.75, 3.05) is 0 Å². The van der Waals surface area contributed by atoms with Crippen LogP contribution in [0.1, 0.15) is 25.3 Å². The molecule has 0 saturated heterocycles. The van der Waals surface area contributed by atoms with Gasteiger partial charge in [0.2, 0.25) is 0 Å². The summed E-state index contributed by atoms with van der Waals surface area (Å²) in [5, 5.41) is 2.68. The molecule has 0 aliphatic heterocycles. The zero-order valence-electron chi connectivity index (χ0n) is 9.03. The van der Waals surface area contributed by atoms with Gasteiger partial charge in [-0.1, -0.05) is 43.7 Å². The number of hydrogen-bond acceptors (Lipinski definition) is 1. The van der Waals surface area contributed by atoms with Crippen molar-refractivity contribution in [1.82, 2.24) is 0 Å². The maximum absolute atomic E-state index is 4.55. The average Bonchev–Trinajstić information content (AvgIpc) is 2.28. The van der Waals surface area contributed by atoms with Crippen molar-refractivity contribution < 1.29 is 0 Å². The number of aryl methyl sites for hydroxylation is 1. The summed E-state index contributed by atoms with van der Waals surface area (Å²) in [7, 11) is 0. The lowest BCUT2D eigenvalue weighted by atomic mass is 10.0. The first-order valence-electron chi connectivity index (χ1n) is 5.52. The molecule has 0 unspecified atom stereocenters. The Labute approximate surface area is 96.7 Å². The number of fused-ring (bicyclic) bond motifs is 1. The van der Waals surface area contributed by atoms with Crippen LogP contribution in [-0.2, 0) is 6.42 Å². The van der Waals surface area contributed by atoms with Crippen molar-refractivity contribution in [2.45, 2.75) is 31.1 Å². The van der Waals surface area contributed by atoms with Gasteiger partial charge in [-0.25, -0.2) is 0 Å². The lowest BCUT2D eigenvalue weighted by Crippen LogP contribution is -1.89. The average molecular weight is 216 g/mol. The van der Waals surface area contributed by atoms with Crippen LogP contribution in [0.4, 0.5) is 0 Å². The first-order valence-corrected chi connectivity index (χ1v) is 5.97. The van der Waals surface area contributed by atoms with Crippen LogP contribution >= 0.6 is 12.6 Å². The molecule has 0 heterocycles. The molecular weight excluding hydrogens is 200 g/mol. The summed E-state index contributed by atoms with van der Waals surface area (Å²) >= 11 is 4.55. The van der Waals surface area contributed by atoms with Crippen molar-refractivity contribution in [3.05, 3.63) is 42.0 Å². The Kier molecular flexibility index (Phi) is 3.32. The summed E-state index contributed by atoms with van der Waals surface area (Å²) in [5.74, 6) is 0. The minimum Gasteiger partial charge on any atom is -0.143 e. The van der Waals surface area contributed by atoms with E-state index in [9.17, 15) is 0 Å². The molecule has 2 aromatic rings. The lowest BCUT2D eigenvalue weighted by molar-refractivity contribution is 0.790. The molecule has 78 valence electrons. The molecule has 2 aromatic carbocycles. The van der Waals surface area contributed by atoms with E-state index in [0.29, 0.717) is 0 Å². The van der Waals surface area contributed by atoms with Gasteiger partial charge in [-0.05, 0) is 35.2 Å². The smallest absolute Gasteiger partial charge is 0.00784 e. The molecule has 0 aliphatic rings. The van der Waals surface area contributed by atoms with Gasteiger partial charge in [0.05, 0.1) is 0 Å². The summed E-state index contributed by atoms with van der Waals surface area (Å²) in [6, 6.07) is 12.8. The van der Waals surface area contributed by atoms with Gasteiger partial charge < -0.3 is 0 Å². The van der Waals surface area contributed by atoms with E-state index >= 15 is 0 Å². The third-order valence-corrected chi connectivity index (χ3v) is 3.22. The Bertz CT molecular complexity index is 460. The summed E-state index contributed by atoms with van der Waals surface area (Å²) in [4.78, 5) is 1.13. The first kappa shape index (κ1) is 10.6. The van der Waals surface area contributed by atoms with E-state index in [1.807, 2.05) is 0 Å². The fourth-order valence-electron chi connectivity index (χ4n) is 1.94. The standard InChI is InChI=1S/C14H16S/c1-2-3-7-13-12-8-5-4-6-11(12)9-10-14(13)15/h4-6,8-10,15H,2-3,7H2,1H3. The molecule has 0 saturated carbocycles. The first-order chi connectivity index (χ1) is 7.33. The molecule has 1 heteroatoms. The highest BCUT2D eigenvalue weighted by Gasteiger charge is 2.03. The molecule has 2 rings (SSSR count). The van der Waals surface area contributed by atoms with Crippen LogP contribution in [0.15, 0.2) is 41.3 Å². The van der Waals surface area contributed by atoms with E-state index in [1.54, 1.807) is 0 Å². The molecule has 15 heavy (non-hydrogen) atoms. The van der Waals surface area contributed by atoms with Gasteiger partial charge in [-0.15, -0.1) is 12.6 Å². The zero-order chi connectivity index (χ0) is 10.7. The minimum absolute atomic E-state index is 1.13. The van der Waals surface area contributed by atoms with Crippen molar-refractivity contribution in [3.63, 3.8) is 0 Å². The minimum atomic E-state index is 1.13. The van der Waals surface area contributed by atoms with Gasteiger partial charge in [-0.2, -0.15) is 0 Å². The molecule has 0 radical (unpaired) electrons. The molecule has 0 aliphatic carbocycles. The van der Waals surface area contributed by atoms with E-state index in [2.05, 4.69) is 56.0 Å². The van der Waals surface area contributed by atoms with E-state index in [0.717, 1.165) is 11.3 Å². The predicted octanol–water partition coefficient (Wildman–Crippen LogP) is 4.47. The number of rotatable bonds is 3. The monoisotopic (exact) mass is 216 g/mol. The number of unbranched alkanes of at least 4 members (excludes halogenated alkanes) is 1. The highest BCUT2D eigenvalue weighted by atomic mass is 32.1. The van der Waals surface area contributed by atoms with Gasteiger partial charge in [-0.3, -0.25) is 0 Å². The summed E-state index contributed by atoms with van der Waals surface area (Å²) < 4.78 is 0. The second-order valence-electron chi connectivity index (χ2n) is 3.89. The van der Waals surface area contributed by atoms with Crippen LogP contribution in [0, 0.1) is 0 Å². The summed E-state index contributed by atoms with van der Waals surface area (Å²) in [6.07, 6.45) is 3.61. The van der Waals surface area contributed by atoms with Crippen LogP contribution in [0.3, 0.4) is 0 Å². The van der Waals surface area contributed by atoms with E-state index < -0.39 is 0 Å². The Morgan fingerprint density at radius 2 is 1.87 bits per heavy atom. The molecule has 0 atom stereocenters. The van der Waals surface area contributed by atoms with Gasteiger partial charge >= 0.3 is 0 Å². The SMILES string of the molecule is CCCCc1c(S)ccc2ccccc12.